The van der Waals surface area contributed by atoms with E-state index in [9.17, 15) is 9.59 Å². The van der Waals surface area contributed by atoms with Crippen molar-refractivity contribution in [3.05, 3.63) is 40.3 Å². The van der Waals surface area contributed by atoms with Crippen LogP contribution >= 0.6 is 12.4 Å². The van der Waals surface area contributed by atoms with Gasteiger partial charge >= 0.3 is 0 Å². The Bertz CT molecular complexity index is 784. The molecule has 1 fully saturated rings. The van der Waals surface area contributed by atoms with Gasteiger partial charge in [0, 0.05) is 19.0 Å². The average molecular weight is 365 g/mol. The Labute approximate surface area is 153 Å². The van der Waals surface area contributed by atoms with E-state index in [0.29, 0.717) is 23.5 Å². The molecule has 1 aromatic carbocycles. The van der Waals surface area contributed by atoms with E-state index in [1.54, 1.807) is 13.1 Å². The minimum atomic E-state index is -0.139. The topological polar surface area (TPSA) is 76.0 Å². The van der Waals surface area contributed by atoms with Gasteiger partial charge in [0.1, 0.15) is 0 Å². The number of rotatable bonds is 5. The maximum atomic E-state index is 12.2. The van der Waals surface area contributed by atoms with Crippen LogP contribution in [0, 0.1) is 5.92 Å². The SMILES string of the molecule is Cl.Cn1nc(CC(=O)NCCC2CCCNC2)c2ccccc2c1=O. The first-order valence-corrected chi connectivity index (χ1v) is 8.57. The largest absolute Gasteiger partial charge is 0.356 e. The van der Waals surface area contributed by atoms with Gasteiger partial charge in [-0.15, -0.1) is 12.4 Å². The third-order valence-electron chi connectivity index (χ3n) is 4.63. The Morgan fingerprint density at radius 1 is 1.36 bits per heavy atom. The molecule has 0 radical (unpaired) electrons. The Hall–Kier alpha value is -1.92. The van der Waals surface area contributed by atoms with Crippen LogP contribution < -0.4 is 16.2 Å². The van der Waals surface area contributed by atoms with Crippen LogP contribution in [0.3, 0.4) is 0 Å². The van der Waals surface area contributed by atoms with E-state index in [4.69, 9.17) is 0 Å². The second-order valence-corrected chi connectivity index (χ2v) is 6.45. The molecule has 1 aromatic heterocycles. The molecular formula is C18H25ClN4O2. The van der Waals surface area contributed by atoms with Crippen LogP contribution in [0.25, 0.3) is 10.8 Å². The summed E-state index contributed by atoms with van der Waals surface area (Å²) >= 11 is 0. The lowest BCUT2D eigenvalue weighted by atomic mass is 9.96. The van der Waals surface area contributed by atoms with Crippen molar-refractivity contribution in [1.82, 2.24) is 20.4 Å². The highest BCUT2D eigenvalue weighted by Crippen LogP contribution is 2.14. The van der Waals surface area contributed by atoms with Gasteiger partial charge < -0.3 is 10.6 Å². The number of carbonyl (C=O) groups is 1. The summed E-state index contributed by atoms with van der Waals surface area (Å²) in [4.78, 5) is 24.3. The first-order valence-electron chi connectivity index (χ1n) is 8.57. The highest BCUT2D eigenvalue weighted by molar-refractivity contribution is 5.88. The second-order valence-electron chi connectivity index (χ2n) is 6.45. The molecule has 6 nitrogen and oxygen atoms in total. The number of amides is 1. The molecule has 0 aliphatic carbocycles. The molecule has 2 N–H and O–H groups in total. The van der Waals surface area contributed by atoms with Gasteiger partial charge in [-0.05, 0) is 44.3 Å². The number of nitrogens with zero attached hydrogens (tertiary/aromatic N) is 2. The number of benzene rings is 1. The lowest BCUT2D eigenvalue weighted by molar-refractivity contribution is -0.120. The monoisotopic (exact) mass is 364 g/mol. The quantitative estimate of drug-likeness (QED) is 0.841. The molecule has 2 aromatic rings. The van der Waals surface area contributed by atoms with Crippen LogP contribution in [-0.2, 0) is 18.3 Å². The summed E-state index contributed by atoms with van der Waals surface area (Å²) in [5.41, 5.74) is 0.504. The highest BCUT2D eigenvalue weighted by Gasteiger charge is 2.14. The molecule has 1 aliphatic heterocycles. The summed E-state index contributed by atoms with van der Waals surface area (Å²) in [6.07, 6.45) is 3.64. The van der Waals surface area contributed by atoms with E-state index in [2.05, 4.69) is 15.7 Å². The van der Waals surface area contributed by atoms with Crippen LogP contribution in [0.1, 0.15) is 25.0 Å². The molecule has 1 unspecified atom stereocenters. The van der Waals surface area contributed by atoms with Gasteiger partial charge in [-0.25, -0.2) is 4.68 Å². The molecule has 3 rings (SSSR count). The van der Waals surface area contributed by atoms with Gasteiger partial charge in [0.25, 0.3) is 5.56 Å². The van der Waals surface area contributed by atoms with E-state index in [1.807, 2.05) is 18.2 Å². The molecule has 1 saturated heterocycles. The van der Waals surface area contributed by atoms with Crippen molar-refractivity contribution in [1.29, 1.82) is 0 Å². The third kappa shape index (κ3) is 4.80. The molecule has 2 heterocycles. The van der Waals surface area contributed by atoms with Crippen molar-refractivity contribution in [3.63, 3.8) is 0 Å². The van der Waals surface area contributed by atoms with Crippen molar-refractivity contribution in [2.24, 2.45) is 13.0 Å². The number of aryl methyl sites for hydroxylation is 1. The standard InChI is InChI=1S/C18H24N4O2.ClH/c1-22-18(24)15-7-3-2-6-14(15)16(21-22)11-17(23)20-10-8-13-5-4-9-19-12-13;/h2-3,6-7,13,19H,4-5,8-12H2,1H3,(H,20,23);1H. The number of carbonyl (C=O) groups excluding carboxylic acids is 1. The van der Waals surface area contributed by atoms with Crippen molar-refractivity contribution in [3.8, 4) is 0 Å². The maximum absolute atomic E-state index is 12.2. The molecular weight excluding hydrogens is 340 g/mol. The van der Waals surface area contributed by atoms with Crippen LogP contribution in [-0.4, -0.2) is 35.3 Å². The molecule has 25 heavy (non-hydrogen) atoms. The molecule has 0 spiro atoms. The van der Waals surface area contributed by atoms with Gasteiger partial charge in [-0.1, -0.05) is 18.2 Å². The van der Waals surface area contributed by atoms with Gasteiger partial charge in [-0.3, -0.25) is 9.59 Å². The summed E-state index contributed by atoms with van der Waals surface area (Å²) in [6, 6.07) is 7.31. The van der Waals surface area contributed by atoms with Crippen LogP contribution in [0.2, 0.25) is 0 Å². The van der Waals surface area contributed by atoms with E-state index >= 15 is 0 Å². The predicted octanol–water partition coefficient (Wildman–Crippen LogP) is 1.40. The summed E-state index contributed by atoms with van der Waals surface area (Å²) in [7, 11) is 1.62. The number of halogens is 1. The van der Waals surface area contributed by atoms with E-state index < -0.39 is 0 Å². The number of hydrogen-bond donors (Lipinski definition) is 2. The zero-order valence-electron chi connectivity index (χ0n) is 14.5. The minimum absolute atomic E-state index is 0. The summed E-state index contributed by atoms with van der Waals surface area (Å²) in [5.74, 6) is 0.602. The lowest BCUT2D eigenvalue weighted by Gasteiger charge is -2.22. The van der Waals surface area contributed by atoms with E-state index in [0.717, 1.165) is 24.9 Å². The lowest BCUT2D eigenvalue weighted by Crippen LogP contribution is -2.34. The number of aromatic nitrogens is 2. The van der Waals surface area contributed by atoms with Crippen LogP contribution in [0.4, 0.5) is 0 Å². The minimum Gasteiger partial charge on any atom is -0.356 e. The summed E-state index contributed by atoms with van der Waals surface area (Å²) in [5, 5.41) is 12.0. The summed E-state index contributed by atoms with van der Waals surface area (Å²) < 4.78 is 1.30. The van der Waals surface area contributed by atoms with Gasteiger partial charge in [0.15, 0.2) is 0 Å². The zero-order chi connectivity index (χ0) is 16.9. The van der Waals surface area contributed by atoms with Gasteiger partial charge in [0.05, 0.1) is 17.5 Å². The number of hydrogen-bond acceptors (Lipinski definition) is 4. The first-order chi connectivity index (χ1) is 11.6. The fourth-order valence-corrected chi connectivity index (χ4v) is 3.31. The van der Waals surface area contributed by atoms with Crippen molar-refractivity contribution in [2.45, 2.75) is 25.7 Å². The van der Waals surface area contributed by atoms with Gasteiger partial charge in [-0.2, -0.15) is 5.10 Å². The Balaban J connectivity index is 0.00000225. The van der Waals surface area contributed by atoms with Crippen molar-refractivity contribution < 1.29 is 4.79 Å². The first kappa shape index (κ1) is 19.4. The smallest absolute Gasteiger partial charge is 0.274 e. The molecule has 1 atom stereocenters. The second kappa shape index (κ2) is 8.97. The summed E-state index contributed by atoms with van der Waals surface area (Å²) in [6.45, 7) is 2.84. The predicted molar refractivity (Wildman–Crippen MR) is 101 cm³/mol. The van der Waals surface area contributed by atoms with Crippen molar-refractivity contribution in [2.75, 3.05) is 19.6 Å². The zero-order valence-corrected chi connectivity index (χ0v) is 15.3. The average Bonchev–Trinajstić information content (AvgIpc) is 2.60. The fourth-order valence-electron chi connectivity index (χ4n) is 3.31. The Kier molecular flexibility index (Phi) is 6.96. The Morgan fingerprint density at radius 3 is 2.84 bits per heavy atom. The molecule has 1 aliphatic rings. The number of piperidine rings is 1. The van der Waals surface area contributed by atoms with E-state index in [1.165, 1.54) is 17.5 Å². The Morgan fingerprint density at radius 2 is 2.12 bits per heavy atom. The normalized spacial score (nSPS) is 17.1. The molecule has 7 heteroatoms. The highest BCUT2D eigenvalue weighted by atomic mass is 35.5. The van der Waals surface area contributed by atoms with Crippen LogP contribution in [0.5, 0.6) is 0 Å². The third-order valence-corrected chi connectivity index (χ3v) is 4.63. The van der Waals surface area contributed by atoms with Crippen molar-refractivity contribution >= 4 is 29.1 Å². The number of nitrogens with one attached hydrogen (secondary N) is 2. The van der Waals surface area contributed by atoms with Crippen LogP contribution in [0.15, 0.2) is 29.1 Å². The maximum Gasteiger partial charge on any atom is 0.274 e. The molecule has 136 valence electrons. The van der Waals surface area contributed by atoms with Gasteiger partial charge in [0.2, 0.25) is 5.91 Å². The molecule has 0 bridgehead atoms. The fraction of sp³-hybridized carbons (Fsp3) is 0.500. The molecule has 1 amide bonds. The number of fused-ring (bicyclic) bond motifs is 1. The molecule has 0 saturated carbocycles. The van der Waals surface area contributed by atoms with E-state index in [-0.39, 0.29) is 30.3 Å².